The first-order chi connectivity index (χ1) is 15.2. The van der Waals surface area contributed by atoms with Gasteiger partial charge in [0, 0.05) is 43.4 Å². The van der Waals surface area contributed by atoms with Gasteiger partial charge >= 0.3 is 0 Å². The Labute approximate surface area is 182 Å². The minimum absolute atomic E-state index is 0.120. The first-order valence-electron chi connectivity index (χ1n) is 10.2. The number of aromatic nitrogens is 2. The molecule has 1 unspecified atom stereocenters. The number of pyridine rings is 2. The molecule has 1 aromatic carbocycles. The summed E-state index contributed by atoms with van der Waals surface area (Å²) in [6.07, 6.45) is 8.56. The second-order valence-corrected chi connectivity index (χ2v) is 7.00. The highest BCUT2D eigenvalue weighted by Crippen LogP contribution is 2.29. The number of rotatable bonds is 11. The van der Waals surface area contributed by atoms with Crippen LogP contribution < -0.4 is 20.1 Å². The molecule has 7 nitrogen and oxygen atoms in total. The maximum Gasteiger partial charge on any atom is 0.241 e. The first-order valence-corrected chi connectivity index (χ1v) is 10.2. The summed E-state index contributed by atoms with van der Waals surface area (Å²) in [5, 5.41) is 6.41. The molecule has 2 heterocycles. The van der Waals surface area contributed by atoms with Crippen molar-refractivity contribution in [1.29, 1.82) is 0 Å². The van der Waals surface area contributed by atoms with Gasteiger partial charge in [0.25, 0.3) is 0 Å². The highest BCUT2D eigenvalue weighted by atomic mass is 16.5. The fourth-order valence-corrected chi connectivity index (χ4v) is 3.30. The molecule has 0 aliphatic heterocycles. The van der Waals surface area contributed by atoms with Crippen LogP contribution in [0.2, 0.25) is 0 Å². The minimum Gasteiger partial charge on any atom is -0.497 e. The van der Waals surface area contributed by atoms with E-state index in [4.69, 9.17) is 9.47 Å². The molecule has 1 atom stereocenters. The molecule has 31 heavy (non-hydrogen) atoms. The molecule has 3 rings (SSSR count). The van der Waals surface area contributed by atoms with E-state index in [1.807, 2.05) is 48.7 Å². The van der Waals surface area contributed by atoms with E-state index in [-0.39, 0.29) is 5.91 Å². The van der Waals surface area contributed by atoms with Crippen molar-refractivity contribution in [3.8, 4) is 11.5 Å². The van der Waals surface area contributed by atoms with Gasteiger partial charge in [0.15, 0.2) is 0 Å². The van der Waals surface area contributed by atoms with Gasteiger partial charge in [-0.1, -0.05) is 6.07 Å². The van der Waals surface area contributed by atoms with Crippen LogP contribution in [0.3, 0.4) is 0 Å². The molecule has 2 N–H and O–H groups in total. The maximum absolute atomic E-state index is 13.1. The van der Waals surface area contributed by atoms with Crippen LogP contribution in [0.1, 0.15) is 22.7 Å². The number of benzene rings is 1. The Morgan fingerprint density at radius 1 is 0.935 bits per heavy atom. The lowest BCUT2D eigenvalue weighted by atomic mass is 10.0. The van der Waals surface area contributed by atoms with Gasteiger partial charge in [-0.3, -0.25) is 14.8 Å². The molecule has 0 saturated carbocycles. The molecule has 0 bridgehead atoms. The van der Waals surface area contributed by atoms with Gasteiger partial charge in [-0.25, -0.2) is 0 Å². The number of hydrogen-bond donors (Lipinski definition) is 2. The van der Waals surface area contributed by atoms with Crippen LogP contribution in [0, 0.1) is 0 Å². The average molecular weight is 421 g/mol. The maximum atomic E-state index is 13.1. The summed E-state index contributed by atoms with van der Waals surface area (Å²) >= 11 is 0. The summed E-state index contributed by atoms with van der Waals surface area (Å²) in [7, 11) is 3.20. The van der Waals surface area contributed by atoms with E-state index in [1.165, 1.54) is 0 Å². The van der Waals surface area contributed by atoms with E-state index in [9.17, 15) is 4.79 Å². The molecular weight excluding hydrogens is 392 g/mol. The molecule has 3 aromatic rings. The Balaban J connectivity index is 1.72. The zero-order valence-corrected chi connectivity index (χ0v) is 17.9. The Morgan fingerprint density at radius 2 is 1.74 bits per heavy atom. The summed E-state index contributed by atoms with van der Waals surface area (Å²) in [5.74, 6) is 1.18. The second kappa shape index (κ2) is 11.7. The zero-order chi connectivity index (χ0) is 21.9. The van der Waals surface area contributed by atoms with Crippen molar-refractivity contribution < 1.29 is 14.3 Å². The van der Waals surface area contributed by atoms with E-state index in [2.05, 4.69) is 20.6 Å². The molecule has 0 saturated heterocycles. The van der Waals surface area contributed by atoms with Gasteiger partial charge in [0.1, 0.15) is 17.5 Å². The summed E-state index contributed by atoms with van der Waals surface area (Å²) in [4.78, 5) is 21.3. The molecule has 0 spiro atoms. The third-order valence-electron chi connectivity index (χ3n) is 4.96. The summed E-state index contributed by atoms with van der Waals surface area (Å²) < 4.78 is 10.9. The number of nitrogens with zero attached hydrogens (tertiary/aromatic N) is 2. The normalized spacial score (nSPS) is 11.5. The lowest BCUT2D eigenvalue weighted by molar-refractivity contribution is -0.123. The molecule has 0 fully saturated rings. The number of nitrogens with one attached hydrogen (secondary N) is 2. The van der Waals surface area contributed by atoms with Crippen LogP contribution in [0.5, 0.6) is 11.5 Å². The monoisotopic (exact) mass is 420 g/mol. The summed E-state index contributed by atoms with van der Waals surface area (Å²) in [5.41, 5.74) is 2.95. The Kier molecular flexibility index (Phi) is 8.37. The van der Waals surface area contributed by atoms with Crippen molar-refractivity contribution >= 4 is 5.91 Å². The van der Waals surface area contributed by atoms with Crippen molar-refractivity contribution in [1.82, 2.24) is 20.6 Å². The smallest absolute Gasteiger partial charge is 0.241 e. The highest BCUT2D eigenvalue weighted by Gasteiger charge is 2.24. The van der Waals surface area contributed by atoms with Gasteiger partial charge in [0.2, 0.25) is 5.91 Å². The molecule has 0 aliphatic carbocycles. The molecule has 2 aromatic heterocycles. The summed E-state index contributed by atoms with van der Waals surface area (Å²) in [6.45, 7) is 1.13. The molecular formula is C24H28N4O3. The van der Waals surface area contributed by atoms with E-state index < -0.39 is 6.04 Å². The largest absolute Gasteiger partial charge is 0.497 e. The van der Waals surface area contributed by atoms with Crippen LogP contribution in [-0.4, -0.2) is 43.2 Å². The standard InChI is InChI=1S/C24H28N4O3/c1-30-20-5-6-22(31-2)21(16-20)23(27-14-9-18-7-12-25-13-8-18)24(29)28-15-10-19-4-3-11-26-17-19/h3-8,11-13,16-17,23,27H,9-10,14-15H2,1-2H3,(H,28,29). The lowest BCUT2D eigenvalue weighted by Gasteiger charge is -2.22. The van der Waals surface area contributed by atoms with E-state index >= 15 is 0 Å². The minimum atomic E-state index is -0.583. The number of carbonyl (C=O) groups is 1. The van der Waals surface area contributed by atoms with Gasteiger partial charge in [-0.05, 0) is 60.4 Å². The zero-order valence-electron chi connectivity index (χ0n) is 17.9. The molecule has 1 amide bonds. The third kappa shape index (κ3) is 6.52. The Hall–Kier alpha value is -3.45. The number of hydrogen-bond acceptors (Lipinski definition) is 6. The van der Waals surface area contributed by atoms with Crippen LogP contribution in [-0.2, 0) is 17.6 Å². The first kappa shape index (κ1) is 22.2. The van der Waals surface area contributed by atoms with Crippen molar-refractivity contribution in [2.75, 3.05) is 27.3 Å². The van der Waals surface area contributed by atoms with Crippen LogP contribution >= 0.6 is 0 Å². The fourth-order valence-electron chi connectivity index (χ4n) is 3.30. The molecule has 0 radical (unpaired) electrons. The second-order valence-electron chi connectivity index (χ2n) is 7.00. The van der Waals surface area contributed by atoms with Crippen molar-refractivity contribution in [3.05, 3.63) is 83.9 Å². The van der Waals surface area contributed by atoms with E-state index in [0.29, 0.717) is 31.0 Å². The van der Waals surface area contributed by atoms with E-state index in [1.54, 1.807) is 32.8 Å². The van der Waals surface area contributed by atoms with Gasteiger partial charge in [-0.15, -0.1) is 0 Å². The van der Waals surface area contributed by atoms with Crippen LogP contribution in [0.15, 0.2) is 67.3 Å². The van der Waals surface area contributed by atoms with E-state index in [0.717, 1.165) is 23.1 Å². The number of amides is 1. The average Bonchev–Trinajstić information content (AvgIpc) is 2.82. The van der Waals surface area contributed by atoms with Crippen LogP contribution in [0.4, 0.5) is 0 Å². The van der Waals surface area contributed by atoms with Gasteiger partial charge < -0.3 is 20.1 Å². The van der Waals surface area contributed by atoms with Crippen molar-refractivity contribution in [2.24, 2.45) is 0 Å². The number of methoxy groups -OCH3 is 2. The van der Waals surface area contributed by atoms with Crippen molar-refractivity contribution in [2.45, 2.75) is 18.9 Å². The number of ether oxygens (including phenoxy) is 2. The van der Waals surface area contributed by atoms with Crippen LogP contribution in [0.25, 0.3) is 0 Å². The Bertz CT molecular complexity index is 952. The topological polar surface area (TPSA) is 85.4 Å². The SMILES string of the molecule is COc1ccc(OC)c(C(NCCc2ccncc2)C(=O)NCCc2cccnc2)c1. The van der Waals surface area contributed by atoms with Crippen molar-refractivity contribution in [3.63, 3.8) is 0 Å². The molecule has 7 heteroatoms. The third-order valence-corrected chi connectivity index (χ3v) is 4.96. The predicted octanol–water partition coefficient (Wildman–Crippen LogP) is 2.73. The lowest BCUT2D eigenvalue weighted by Crippen LogP contribution is -2.39. The van der Waals surface area contributed by atoms with Gasteiger partial charge in [0.05, 0.1) is 14.2 Å². The summed E-state index contributed by atoms with van der Waals surface area (Å²) in [6, 6.07) is 12.7. The Morgan fingerprint density at radius 3 is 2.45 bits per heavy atom. The fraction of sp³-hybridized carbons (Fsp3) is 0.292. The number of carbonyl (C=O) groups excluding carboxylic acids is 1. The predicted molar refractivity (Wildman–Crippen MR) is 119 cm³/mol. The highest BCUT2D eigenvalue weighted by molar-refractivity contribution is 5.84. The molecule has 162 valence electrons. The molecule has 0 aliphatic rings. The quantitative estimate of drug-likeness (QED) is 0.496. The van der Waals surface area contributed by atoms with Gasteiger partial charge in [-0.2, -0.15) is 0 Å².